The summed E-state index contributed by atoms with van der Waals surface area (Å²) >= 11 is 14.7. The first kappa shape index (κ1) is 32.2. The lowest BCUT2D eigenvalue weighted by Gasteiger charge is -2.34. The molecule has 0 aromatic heterocycles. The summed E-state index contributed by atoms with van der Waals surface area (Å²) in [4.78, 5) is 29.1. The lowest BCUT2D eigenvalue weighted by molar-refractivity contribution is -0.140. The van der Waals surface area contributed by atoms with Gasteiger partial charge in [-0.3, -0.25) is 13.9 Å². The average Bonchev–Trinajstić information content (AvgIpc) is 2.89. The Kier molecular flexibility index (Phi) is 11.7. The van der Waals surface area contributed by atoms with Crippen LogP contribution in [0.2, 0.25) is 10.0 Å². The van der Waals surface area contributed by atoms with Crippen LogP contribution in [-0.2, 0) is 32.6 Å². The second-order valence-electron chi connectivity index (χ2n) is 9.85. The normalized spacial score (nSPS) is 12.2. The fourth-order valence-electron chi connectivity index (χ4n) is 4.03. The van der Waals surface area contributed by atoms with Crippen molar-refractivity contribution >= 4 is 73.3 Å². The minimum atomic E-state index is -3.83. The number of benzene rings is 3. The molecule has 0 bridgehead atoms. The molecule has 0 radical (unpaired) electrons. The van der Waals surface area contributed by atoms with Gasteiger partial charge >= 0.3 is 0 Å². The van der Waals surface area contributed by atoms with E-state index in [2.05, 4.69) is 27.9 Å². The van der Waals surface area contributed by atoms with Crippen molar-refractivity contribution in [3.8, 4) is 0 Å². The van der Waals surface area contributed by atoms with Crippen LogP contribution >= 0.6 is 45.8 Å². The molecule has 40 heavy (non-hydrogen) atoms. The van der Waals surface area contributed by atoms with E-state index in [1.807, 2.05) is 44.2 Å². The minimum Gasteiger partial charge on any atom is -0.354 e. The molecule has 3 aromatic carbocycles. The minimum absolute atomic E-state index is 0.0221. The van der Waals surface area contributed by atoms with E-state index < -0.39 is 28.5 Å². The van der Waals surface area contributed by atoms with E-state index >= 15 is 0 Å². The maximum absolute atomic E-state index is 14.1. The third-order valence-electron chi connectivity index (χ3n) is 6.11. The molecule has 3 aromatic rings. The molecule has 2 amide bonds. The Balaban J connectivity index is 2.06. The van der Waals surface area contributed by atoms with Crippen molar-refractivity contribution in [1.82, 2.24) is 10.2 Å². The summed E-state index contributed by atoms with van der Waals surface area (Å²) < 4.78 is 27.6. The number of hydrogen-bond donors (Lipinski definition) is 1. The molecule has 3 rings (SSSR count). The van der Waals surface area contributed by atoms with Crippen LogP contribution in [0.15, 0.2) is 72.8 Å². The first-order chi connectivity index (χ1) is 18.8. The number of carbonyl (C=O) groups is 2. The van der Waals surface area contributed by atoms with E-state index in [0.29, 0.717) is 27.8 Å². The zero-order valence-electron chi connectivity index (χ0n) is 22.5. The van der Waals surface area contributed by atoms with Gasteiger partial charge in [0.25, 0.3) is 0 Å². The molecule has 0 fully saturated rings. The first-order valence-corrected chi connectivity index (χ1v) is 16.3. The molecule has 1 N–H and O–H groups in total. The highest BCUT2D eigenvalue weighted by atomic mass is 127. The number of anilines is 1. The van der Waals surface area contributed by atoms with Crippen LogP contribution in [-0.4, -0.2) is 50.5 Å². The monoisotopic (exact) mass is 715 g/mol. The van der Waals surface area contributed by atoms with Crippen molar-refractivity contribution in [2.24, 2.45) is 5.92 Å². The largest absolute Gasteiger partial charge is 0.354 e. The molecule has 0 spiro atoms. The van der Waals surface area contributed by atoms with Gasteiger partial charge in [-0.1, -0.05) is 73.4 Å². The third kappa shape index (κ3) is 9.36. The Morgan fingerprint density at radius 1 is 0.975 bits per heavy atom. The van der Waals surface area contributed by atoms with Gasteiger partial charge < -0.3 is 10.2 Å². The summed E-state index contributed by atoms with van der Waals surface area (Å²) in [5, 5.41) is 3.72. The zero-order valence-corrected chi connectivity index (χ0v) is 27.0. The van der Waals surface area contributed by atoms with Crippen molar-refractivity contribution in [3.05, 3.63) is 97.5 Å². The van der Waals surface area contributed by atoms with Crippen LogP contribution in [0.4, 0.5) is 5.69 Å². The number of amides is 2. The van der Waals surface area contributed by atoms with Crippen molar-refractivity contribution in [2.75, 3.05) is 23.7 Å². The molecule has 0 heterocycles. The fourth-order valence-corrected chi connectivity index (χ4v) is 5.71. The summed E-state index contributed by atoms with van der Waals surface area (Å²) in [6.07, 6.45) is 1.28. The average molecular weight is 716 g/mol. The van der Waals surface area contributed by atoms with Gasteiger partial charge in [0.1, 0.15) is 12.6 Å². The number of nitrogens with zero attached hydrogens (tertiary/aromatic N) is 2. The Morgan fingerprint density at radius 3 is 2.20 bits per heavy atom. The highest BCUT2D eigenvalue weighted by Crippen LogP contribution is 2.25. The predicted molar refractivity (Wildman–Crippen MR) is 170 cm³/mol. The molecule has 11 heteroatoms. The number of halogens is 3. The molecule has 1 atom stereocenters. The Morgan fingerprint density at radius 2 is 1.62 bits per heavy atom. The third-order valence-corrected chi connectivity index (χ3v) is 8.55. The predicted octanol–water partition coefficient (Wildman–Crippen LogP) is 5.78. The Labute approximate surface area is 260 Å². The number of carbonyl (C=O) groups excluding carboxylic acids is 2. The van der Waals surface area contributed by atoms with Gasteiger partial charge in [0.2, 0.25) is 21.8 Å². The fraction of sp³-hybridized carbons (Fsp3) is 0.310. The van der Waals surface area contributed by atoms with Crippen molar-refractivity contribution < 1.29 is 18.0 Å². The molecular formula is C29H32Cl2IN3O4S. The van der Waals surface area contributed by atoms with Gasteiger partial charge in [-0.2, -0.15) is 0 Å². The summed E-state index contributed by atoms with van der Waals surface area (Å²) in [6.45, 7) is 3.87. The van der Waals surface area contributed by atoms with Gasteiger partial charge in [0, 0.05) is 33.1 Å². The molecule has 0 saturated carbocycles. The van der Waals surface area contributed by atoms with Gasteiger partial charge in [-0.05, 0) is 76.0 Å². The van der Waals surface area contributed by atoms with Crippen LogP contribution < -0.4 is 9.62 Å². The summed E-state index contributed by atoms with van der Waals surface area (Å²) in [7, 11) is -3.83. The standard InChI is InChI=1S/C29H32Cl2IN3O4S/c1-20(2)17-33-29(37)27(15-21-7-5-4-6-8-21)34(18-22-9-10-23(30)16-26(22)31)28(36)19-35(40(3,38)39)25-13-11-24(32)12-14-25/h4-14,16,20,27H,15,17-19H2,1-3H3,(H,33,37). The quantitative estimate of drug-likeness (QED) is 0.241. The second kappa shape index (κ2) is 14.5. The summed E-state index contributed by atoms with van der Waals surface area (Å²) in [6, 6.07) is 20.2. The van der Waals surface area contributed by atoms with Gasteiger partial charge in [-0.25, -0.2) is 8.42 Å². The lowest BCUT2D eigenvalue weighted by atomic mass is 10.0. The maximum Gasteiger partial charge on any atom is 0.244 e. The van der Waals surface area contributed by atoms with Gasteiger partial charge in [0.15, 0.2) is 0 Å². The molecule has 0 saturated heterocycles. The van der Waals surface area contributed by atoms with Crippen LogP contribution in [0.25, 0.3) is 0 Å². The molecule has 0 aliphatic heterocycles. The van der Waals surface area contributed by atoms with Crippen LogP contribution in [0.1, 0.15) is 25.0 Å². The van der Waals surface area contributed by atoms with Crippen molar-refractivity contribution in [3.63, 3.8) is 0 Å². The molecular weight excluding hydrogens is 684 g/mol. The first-order valence-electron chi connectivity index (χ1n) is 12.6. The molecule has 0 aliphatic rings. The summed E-state index contributed by atoms with van der Waals surface area (Å²) in [5.41, 5.74) is 1.78. The van der Waals surface area contributed by atoms with Gasteiger partial charge in [-0.15, -0.1) is 0 Å². The Hall–Kier alpha value is -2.34. The van der Waals surface area contributed by atoms with E-state index in [1.165, 1.54) is 4.90 Å². The van der Waals surface area contributed by atoms with Crippen molar-refractivity contribution in [1.29, 1.82) is 0 Å². The smallest absolute Gasteiger partial charge is 0.244 e. The van der Waals surface area contributed by atoms with Crippen LogP contribution in [0.3, 0.4) is 0 Å². The number of rotatable bonds is 12. The number of sulfonamides is 1. The van der Waals surface area contributed by atoms with Crippen LogP contribution in [0, 0.1) is 9.49 Å². The van der Waals surface area contributed by atoms with Gasteiger partial charge in [0.05, 0.1) is 11.9 Å². The second-order valence-corrected chi connectivity index (χ2v) is 13.8. The van der Waals surface area contributed by atoms with E-state index in [0.717, 1.165) is 19.7 Å². The molecule has 1 unspecified atom stereocenters. The molecule has 0 aliphatic carbocycles. The molecule has 214 valence electrons. The maximum atomic E-state index is 14.1. The van der Waals surface area contributed by atoms with E-state index in [9.17, 15) is 18.0 Å². The summed E-state index contributed by atoms with van der Waals surface area (Å²) in [5.74, 6) is -0.690. The lowest BCUT2D eigenvalue weighted by Crippen LogP contribution is -2.53. The highest BCUT2D eigenvalue weighted by molar-refractivity contribution is 14.1. The van der Waals surface area contributed by atoms with E-state index in [4.69, 9.17) is 23.2 Å². The van der Waals surface area contributed by atoms with E-state index in [-0.39, 0.29) is 24.8 Å². The van der Waals surface area contributed by atoms with Crippen molar-refractivity contribution in [2.45, 2.75) is 32.9 Å². The zero-order chi connectivity index (χ0) is 29.4. The van der Waals surface area contributed by atoms with E-state index in [1.54, 1.807) is 42.5 Å². The topological polar surface area (TPSA) is 86.8 Å². The molecule has 7 nitrogen and oxygen atoms in total. The Bertz CT molecular complexity index is 1420. The number of nitrogens with one attached hydrogen (secondary N) is 1. The highest BCUT2D eigenvalue weighted by Gasteiger charge is 2.33. The SMILES string of the molecule is CC(C)CNC(=O)C(Cc1ccccc1)N(Cc1ccc(Cl)cc1Cl)C(=O)CN(c1ccc(I)cc1)S(C)(=O)=O. The number of hydrogen-bond acceptors (Lipinski definition) is 4. The van der Waals surface area contributed by atoms with Crippen LogP contribution in [0.5, 0.6) is 0 Å².